The highest BCUT2D eigenvalue weighted by Gasteiger charge is 2.25. The van der Waals surface area contributed by atoms with E-state index in [9.17, 15) is 24.2 Å². The van der Waals surface area contributed by atoms with Gasteiger partial charge in [0, 0.05) is 38.8 Å². The highest BCUT2D eigenvalue weighted by atomic mass is 32.1. The lowest BCUT2D eigenvalue weighted by atomic mass is 10.1. The van der Waals surface area contributed by atoms with E-state index in [-0.39, 0.29) is 13.2 Å². The molecule has 0 radical (unpaired) electrons. The second-order valence-corrected chi connectivity index (χ2v) is 10.0. The molecule has 1 aromatic heterocycles. The highest BCUT2D eigenvalue weighted by Crippen LogP contribution is 2.25. The van der Waals surface area contributed by atoms with E-state index in [1.165, 1.54) is 12.1 Å². The predicted molar refractivity (Wildman–Crippen MR) is 134 cm³/mol. The number of thiazole rings is 1. The lowest BCUT2D eigenvalue weighted by molar-refractivity contribution is -0.142. The van der Waals surface area contributed by atoms with Crippen LogP contribution >= 0.6 is 11.3 Å². The molecule has 192 valence electrons. The number of carbonyl (C=O) groups excluding carboxylic acids is 1. The average molecular weight is 517 g/mol. The Hall–Kier alpha value is -3.12. The number of β-amino-alcohol motifs (C(OH)–C–C–N with tert-alkyl or cyclic N) is 1. The molecule has 4 rings (SSSR count). The Balaban J connectivity index is 1.18. The van der Waals surface area contributed by atoms with Crippen LogP contribution in [0.3, 0.4) is 0 Å². The van der Waals surface area contributed by atoms with Gasteiger partial charge < -0.3 is 20.3 Å². The number of hydrogen-bond acceptors (Lipinski definition) is 8. The first-order valence-electron chi connectivity index (χ1n) is 11.7. The van der Waals surface area contributed by atoms with Gasteiger partial charge in [-0.1, -0.05) is 12.1 Å². The Kier molecular flexibility index (Phi) is 8.47. The van der Waals surface area contributed by atoms with Crippen LogP contribution in [0.25, 0.3) is 10.2 Å². The van der Waals surface area contributed by atoms with E-state index in [0.717, 1.165) is 27.4 Å². The molecule has 1 amide bonds. The summed E-state index contributed by atoms with van der Waals surface area (Å²) < 4.78 is 20.0. The molecule has 2 aromatic carbocycles. The van der Waals surface area contributed by atoms with Crippen molar-refractivity contribution in [2.45, 2.75) is 19.1 Å². The van der Waals surface area contributed by atoms with E-state index >= 15 is 0 Å². The fourth-order valence-corrected chi connectivity index (χ4v) is 4.95. The number of carboxylic acid groups (broad SMARTS) is 1. The SMILES string of the molecule is Cc1nc2cc(OCC(O)CN3CCN(CC(=O)NC(C(=O)O)c4ccc(F)cc4)CC3)ccc2s1. The van der Waals surface area contributed by atoms with Crippen molar-refractivity contribution < 1.29 is 28.9 Å². The number of carbonyl (C=O) groups is 2. The smallest absolute Gasteiger partial charge is 0.330 e. The molecule has 2 atom stereocenters. The van der Waals surface area contributed by atoms with Crippen LogP contribution in [0.5, 0.6) is 5.75 Å². The summed E-state index contributed by atoms with van der Waals surface area (Å²) in [6.07, 6.45) is -0.667. The number of aromatic nitrogens is 1. The van der Waals surface area contributed by atoms with Crippen molar-refractivity contribution in [2.75, 3.05) is 45.9 Å². The molecule has 3 aromatic rings. The summed E-state index contributed by atoms with van der Waals surface area (Å²) in [5.41, 5.74) is 1.19. The summed E-state index contributed by atoms with van der Waals surface area (Å²) in [5, 5.41) is 23.4. The summed E-state index contributed by atoms with van der Waals surface area (Å²) >= 11 is 1.63. The number of aliphatic hydroxyl groups is 1. The van der Waals surface area contributed by atoms with E-state index in [2.05, 4.69) is 15.2 Å². The number of aryl methyl sites for hydroxylation is 1. The van der Waals surface area contributed by atoms with Crippen LogP contribution in [0.4, 0.5) is 4.39 Å². The molecule has 1 aliphatic rings. The lowest BCUT2D eigenvalue weighted by Gasteiger charge is -2.35. The van der Waals surface area contributed by atoms with Gasteiger partial charge in [0.1, 0.15) is 24.3 Å². The van der Waals surface area contributed by atoms with Gasteiger partial charge in [0.2, 0.25) is 5.91 Å². The third kappa shape index (κ3) is 6.97. The lowest BCUT2D eigenvalue weighted by Crippen LogP contribution is -2.51. The van der Waals surface area contributed by atoms with Gasteiger partial charge in [-0.2, -0.15) is 0 Å². The maximum Gasteiger partial charge on any atom is 0.330 e. The van der Waals surface area contributed by atoms with Crippen LogP contribution in [-0.4, -0.2) is 88.9 Å². The Morgan fingerprint density at radius 3 is 2.53 bits per heavy atom. The Morgan fingerprint density at radius 2 is 1.83 bits per heavy atom. The zero-order chi connectivity index (χ0) is 25.7. The molecule has 0 spiro atoms. The maximum atomic E-state index is 13.1. The fraction of sp³-hybridized carbons (Fsp3) is 0.400. The van der Waals surface area contributed by atoms with Gasteiger partial charge in [0.05, 0.1) is 21.8 Å². The van der Waals surface area contributed by atoms with Gasteiger partial charge in [-0.3, -0.25) is 14.6 Å². The molecule has 0 saturated carbocycles. The van der Waals surface area contributed by atoms with Crippen molar-refractivity contribution in [2.24, 2.45) is 0 Å². The van der Waals surface area contributed by atoms with E-state index in [1.807, 2.05) is 30.0 Å². The first-order chi connectivity index (χ1) is 17.3. The molecule has 1 saturated heterocycles. The number of piperazine rings is 1. The monoisotopic (exact) mass is 516 g/mol. The van der Waals surface area contributed by atoms with Crippen molar-refractivity contribution in [3.8, 4) is 5.75 Å². The number of fused-ring (bicyclic) bond motifs is 1. The van der Waals surface area contributed by atoms with Crippen molar-refractivity contribution >= 4 is 33.4 Å². The molecular formula is C25H29FN4O5S. The third-order valence-electron chi connectivity index (χ3n) is 5.97. The number of nitrogens with zero attached hydrogens (tertiary/aromatic N) is 3. The van der Waals surface area contributed by atoms with E-state index in [1.54, 1.807) is 11.3 Å². The molecule has 0 bridgehead atoms. The third-order valence-corrected chi connectivity index (χ3v) is 6.92. The van der Waals surface area contributed by atoms with E-state index in [0.29, 0.717) is 44.0 Å². The molecule has 9 nitrogen and oxygen atoms in total. The molecule has 36 heavy (non-hydrogen) atoms. The summed E-state index contributed by atoms with van der Waals surface area (Å²) in [5.74, 6) is -1.43. The fourth-order valence-electron chi connectivity index (χ4n) is 4.14. The van der Waals surface area contributed by atoms with Crippen LogP contribution in [0.2, 0.25) is 0 Å². The van der Waals surface area contributed by atoms with Crippen molar-refractivity contribution in [3.63, 3.8) is 0 Å². The second kappa shape index (κ2) is 11.7. The van der Waals surface area contributed by atoms with Crippen LogP contribution in [0, 0.1) is 12.7 Å². The molecule has 1 fully saturated rings. The number of aliphatic carboxylic acids is 1. The molecule has 2 heterocycles. The molecule has 1 aliphatic heterocycles. The van der Waals surface area contributed by atoms with Crippen LogP contribution in [-0.2, 0) is 9.59 Å². The van der Waals surface area contributed by atoms with Gasteiger partial charge in [-0.05, 0) is 36.8 Å². The first-order valence-corrected chi connectivity index (χ1v) is 12.5. The number of benzene rings is 2. The minimum absolute atomic E-state index is 0.0586. The number of amides is 1. The van der Waals surface area contributed by atoms with Crippen molar-refractivity contribution in [3.05, 3.63) is 58.9 Å². The topological polar surface area (TPSA) is 115 Å². The number of halogens is 1. The molecule has 2 unspecified atom stereocenters. The van der Waals surface area contributed by atoms with Crippen molar-refractivity contribution in [1.82, 2.24) is 20.1 Å². The van der Waals surface area contributed by atoms with Crippen LogP contribution in [0.15, 0.2) is 42.5 Å². The summed E-state index contributed by atoms with van der Waals surface area (Å²) in [4.78, 5) is 32.6. The highest BCUT2D eigenvalue weighted by molar-refractivity contribution is 7.18. The average Bonchev–Trinajstić information content (AvgIpc) is 3.22. The van der Waals surface area contributed by atoms with Gasteiger partial charge in [-0.25, -0.2) is 14.2 Å². The Bertz CT molecular complexity index is 1200. The minimum atomic E-state index is -1.24. The Labute approximate surface area is 212 Å². The standard InChI is InChI=1S/C25H29FN4O5S/c1-16-27-21-12-20(6-7-22(21)36-16)35-15-19(31)13-29-8-10-30(11-9-29)14-23(32)28-24(25(33)34)17-2-4-18(26)5-3-17/h2-7,12,19,24,31H,8-11,13-15H2,1H3,(H,28,32)(H,33,34). The first kappa shape index (κ1) is 26.0. The quantitative estimate of drug-likeness (QED) is 0.375. The number of ether oxygens (including phenoxy) is 1. The van der Waals surface area contributed by atoms with Crippen LogP contribution < -0.4 is 10.1 Å². The van der Waals surface area contributed by atoms with E-state index < -0.39 is 29.8 Å². The number of rotatable bonds is 10. The zero-order valence-electron chi connectivity index (χ0n) is 19.9. The molecule has 11 heteroatoms. The molecule has 3 N–H and O–H groups in total. The second-order valence-electron chi connectivity index (χ2n) is 8.79. The summed E-state index contributed by atoms with van der Waals surface area (Å²) in [7, 11) is 0. The zero-order valence-corrected chi connectivity index (χ0v) is 20.7. The van der Waals surface area contributed by atoms with Crippen molar-refractivity contribution in [1.29, 1.82) is 0 Å². The van der Waals surface area contributed by atoms with Gasteiger partial charge in [0.25, 0.3) is 0 Å². The van der Waals surface area contributed by atoms with Gasteiger partial charge in [-0.15, -0.1) is 11.3 Å². The molecular weight excluding hydrogens is 487 g/mol. The number of hydrogen-bond donors (Lipinski definition) is 3. The van der Waals surface area contributed by atoms with Gasteiger partial charge in [0.15, 0.2) is 6.04 Å². The number of nitrogens with one attached hydrogen (secondary N) is 1. The maximum absolute atomic E-state index is 13.1. The minimum Gasteiger partial charge on any atom is -0.491 e. The Morgan fingerprint density at radius 1 is 1.14 bits per heavy atom. The largest absolute Gasteiger partial charge is 0.491 e. The summed E-state index contributed by atoms with van der Waals surface area (Å²) in [6.45, 7) is 5.17. The summed E-state index contributed by atoms with van der Waals surface area (Å²) in [6, 6.07) is 9.50. The van der Waals surface area contributed by atoms with Gasteiger partial charge >= 0.3 is 5.97 Å². The predicted octanol–water partition coefficient (Wildman–Crippen LogP) is 2.04. The number of aliphatic hydroxyl groups excluding tert-OH is 1. The molecule has 0 aliphatic carbocycles. The van der Waals surface area contributed by atoms with E-state index in [4.69, 9.17) is 4.74 Å². The number of carboxylic acids is 1. The normalized spacial score (nSPS) is 16.5. The van der Waals surface area contributed by atoms with Crippen LogP contribution in [0.1, 0.15) is 16.6 Å².